The number of pyridine rings is 1. The molecule has 0 bridgehead atoms. The van der Waals surface area contributed by atoms with E-state index < -0.39 is 0 Å². The second kappa shape index (κ2) is 14.0. The Morgan fingerprint density at radius 2 is 1.96 bits per heavy atom. The second-order valence-electron chi connectivity index (χ2n) is 6.56. The van der Waals surface area contributed by atoms with Gasteiger partial charge in [0, 0.05) is 39.9 Å². The van der Waals surface area contributed by atoms with Crippen molar-refractivity contribution in [2.24, 2.45) is 4.99 Å². The first-order chi connectivity index (χ1) is 12.0. The van der Waals surface area contributed by atoms with Crippen LogP contribution in [0, 0.1) is 0 Å². The summed E-state index contributed by atoms with van der Waals surface area (Å²) >= 11 is 0. The summed E-state index contributed by atoms with van der Waals surface area (Å²) in [6.45, 7) is 10.8. The monoisotopic (exact) mass is 476 g/mol. The maximum absolute atomic E-state index is 4.34. The van der Waals surface area contributed by atoms with E-state index in [9.17, 15) is 0 Å². The summed E-state index contributed by atoms with van der Waals surface area (Å²) in [5.41, 5.74) is 1.19. The van der Waals surface area contributed by atoms with Crippen molar-refractivity contribution in [1.29, 1.82) is 0 Å². The normalized spacial score (nSPS) is 12.5. The van der Waals surface area contributed by atoms with E-state index in [0.29, 0.717) is 6.04 Å². The van der Waals surface area contributed by atoms with Gasteiger partial charge < -0.3 is 20.4 Å². The van der Waals surface area contributed by atoms with Gasteiger partial charge in [-0.2, -0.15) is 0 Å². The molecule has 6 nitrogen and oxygen atoms in total. The van der Waals surface area contributed by atoms with Crippen LogP contribution in [0.3, 0.4) is 0 Å². The zero-order valence-electron chi connectivity index (χ0n) is 17.2. The molecule has 0 aliphatic rings. The average molecular weight is 476 g/mol. The number of anilines is 1. The third kappa shape index (κ3) is 9.56. The number of nitrogens with zero attached hydrogens (tertiary/aromatic N) is 4. The van der Waals surface area contributed by atoms with Gasteiger partial charge in [0.25, 0.3) is 0 Å². The van der Waals surface area contributed by atoms with Crippen molar-refractivity contribution in [1.82, 2.24) is 20.5 Å². The van der Waals surface area contributed by atoms with Gasteiger partial charge in [-0.25, -0.2) is 4.98 Å². The van der Waals surface area contributed by atoms with Gasteiger partial charge in [-0.3, -0.25) is 4.99 Å². The summed E-state index contributed by atoms with van der Waals surface area (Å²) in [6.07, 6.45) is 4.18. The molecule has 0 saturated heterocycles. The van der Waals surface area contributed by atoms with Crippen LogP contribution in [0.2, 0.25) is 0 Å². The van der Waals surface area contributed by atoms with Gasteiger partial charge in [-0.1, -0.05) is 13.8 Å². The Hall–Kier alpha value is -1.09. The van der Waals surface area contributed by atoms with Crippen molar-refractivity contribution in [3.05, 3.63) is 23.9 Å². The first kappa shape index (κ1) is 24.9. The van der Waals surface area contributed by atoms with Crippen LogP contribution in [0.25, 0.3) is 0 Å². The largest absolute Gasteiger partial charge is 0.363 e. The molecule has 0 amide bonds. The van der Waals surface area contributed by atoms with Gasteiger partial charge >= 0.3 is 0 Å². The van der Waals surface area contributed by atoms with Crippen LogP contribution in [0.15, 0.2) is 23.3 Å². The van der Waals surface area contributed by atoms with E-state index in [0.717, 1.165) is 44.4 Å². The minimum absolute atomic E-state index is 0. The average Bonchev–Trinajstić information content (AvgIpc) is 2.62. The highest BCUT2D eigenvalue weighted by atomic mass is 127. The highest BCUT2D eigenvalue weighted by Gasteiger charge is 2.07. The van der Waals surface area contributed by atoms with E-state index in [1.165, 1.54) is 12.0 Å². The number of rotatable bonds is 10. The van der Waals surface area contributed by atoms with Gasteiger partial charge in [0.15, 0.2) is 5.96 Å². The molecule has 1 atom stereocenters. The molecule has 0 aromatic carbocycles. The minimum atomic E-state index is 0. The Kier molecular flexibility index (Phi) is 13.4. The van der Waals surface area contributed by atoms with E-state index in [-0.39, 0.29) is 24.0 Å². The van der Waals surface area contributed by atoms with E-state index in [1.54, 1.807) is 0 Å². The summed E-state index contributed by atoms with van der Waals surface area (Å²) in [7, 11) is 5.82. The van der Waals surface area contributed by atoms with Crippen LogP contribution < -0.4 is 15.5 Å². The molecule has 0 spiro atoms. The molecule has 0 aliphatic heterocycles. The topological polar surface area (TPSA) is 55.8 Å². The van der Waals surface area contributed by atoms with Crippen LogP contribution in [0.5, 0.6) is 0 Å². The summed E-state index contributed by atoms with van der Waals surface area (Å²) in [4.78, 5) is 13.2. The fourth-order valence-electron chi connectivity index (χ4n) is 2.66. The molecule has 150 valence electrons. The van der Waals surface area contributed by atoms with Crippen LogP contribution in [0.4, 0.5) is 5.82 Å². The van der Waals surface area contributed by atoms with Crippen LogP contribution >= 0.6 is 24.0 Å². The smallest absolute Gasteiger partial charge is 0.191 e. The maximum Gasteiger partial charge on any atom is 0.191 e. The van der Waals surface area contributed by atoms with E-state index in [4.69, 9.17) is 0 Å². The van der Waals surface area contributed by atoms with Crippen molar-refractivity contribution in [3.63, 3.8) is 0 Å². The third-order valence-electron chi connectivity index (χ3n) is 4.34. The quantitative estimate of drug-likeness (QED) is 0.309. The Bertz CT molecular complexity index is 517. The molecule has 1 aromatic rings. The Morgan fingerprint density at radius 3 is 2.54 bits per heavy atom. The number of nitrogens with one attached hydrogen (secondary N) is 2. The number of aromatic nitrogens is 1. The fraction of sp³-hybridized carbons (Fsp3) is 0.684. The maximum atomic E-state index is 4.34. The SMILES string of the molecule is CCN(CC)CCCC(C)NC(=NC)NCc1ccnc(N(C)C)c1.I. The molecule has 1 rings (SSSR count). The van der Waals surface area contributed by atoms with Crippen molar-refractivity contribution in [2.45, 2.75) is 46.2 Å². The molecule has 0 fully saturated rings. The summed E-state index contributed by atoms with van der Waals surface area (Å²) in [5.74, 6) is 1.81. The third-order valence-corrected chi connectivity index (χ3v) is 4.34. The zero-order valence-corrected chi connectivity index (χ0v) is 19.6. The lowest BCUT2D eigenvalue weighted by atomic mass is 10.2. The predicted molar refractivity (Wildman–Crippen MR) is 124 cm³/mol. The Labute approximate surface area is 176 Å². The van der Waals surface area contributed by atoms with Gasteiger partial charge in [-0.05, 0) is 57.1 Å². The summed E-state index contributed by atoms with van der Waals surface area (Å²) in [5, 5.41) is 6.86. The highest BCUT2D eigenvalue weighted by Crippen LogP contribution is 2.09. The van der Waals surface area contributed by atoms with Crippen LogP contribution in [-0.2, 0) is 6.54 Å². The van der Waals surface area contributed by atoms with Gasteiger partial charge in [-0.15, -0.1) is 24.0 Å². The van der Waals surface area contributed by atoms with Crippen molar-refractivity contribution in [2.75, 3.05) is 45.7 Å². The van der Waals surface area contributed by atoms with Crippen molar-refractivity contribution in [3.8, 4) is 0 Å². The number of hydrogen-bond acceptors (Lipinski definition) is 4. The molecule has 0 saturated carbocycles. The predicted octanol–water partition coefficient (Wildman–Crippen LogP) is 2.94. The Morgan fingerprint density at radius 1 is 1.27 bits per heavy atom. The van der Waals surface area contributed by atoms with E-state index in [1.807, 2.05) is 38.3 Å². The zero-order chi connectivity index (χ0) is 18.7. The fourth-order valence-corrected chi connectivity index (χ4v) is 2.66. The molecule has 7 heteroatoms. The lowest BCUT2D eigenvalue weighted by Crippen LogP contribution is -2.42. The molecular weight excluding hydrogens is 439 g/mol. The summed E-state index contributed by atoms with van der Waals surface area (Å²) < 4.78 is 0. The number of halogens is 1. The number of guanidine groups is 1. The molecule has 1 heterocycles. The molecular formula is C19H37IN6. The van der Waals surface area contributed by atoms with Crippen LogP contribution in [0.1, 0.15) is 39.2 Å². The number of hydrogen-bond donors (Lipinski definition) is 2. The molecule has 2 N–H and O–H groups in total. The minimum Gasteiger partial charge on any atom is -0.363 e. The van der Waals surface area contributed by atoms with Gasteiger partial charge in [0.05, 0.1) is 0 Å². The lowest BCUT2D eigenvalue weighted by molar-refractivity contribution is 0.292. The molecule has 1 aromatic heterocycles. The summed E-state index contributed by atoms with van der Waals surface area (Å²) in [6, 6.07) is 4.52. The van der Waals surface area contributed by atoms with Crippen molar-refractivity contribution < 1.29 is 0 Å². The molecule has 1 unspecified atom stereocenters. The standard InChI is InChI=1S/C19H36N6.HI/c1-7-25(8-2)13-9-10-16(3)23-19(20-4)22-15-17-11-12-21-18(14-17)24(5)6;/h11-12,14,16H,7-10,13,15H2,1-6H3,(H2,20,22,23);1H. The van der Waals surface area contributed by atoms with Gasteiger partial charge in [0.2, 0.25) is 0 Å². The first-order valence-electron chi connectivity index (χ1n) is 9.31. The van der Waals surface area contributed by atoms with E-state index >= 15 is 0 Å². The van der Waals surface area contributed by atoms with E-state index in [2.05, 4.69) is 52.3 Å². The Balaban J connectivity index is 0.00000625. The van der Waals surface area contributed by atoms with Crippen molar-refractivity contribution >= 4 is 35.8 Å². The second-order valence-corrected chi connectivity index (χ2v) is 6.56. The van der Waals surface area contributed by atoms with Gasteiger partial charge in [0.1, 0.15) is 5.82 Å². The lowest BCUT2D eigenvalue weighted by Gasteiger charge is -2.21. The molecule has 0 radical (unpaired) electrons. The highest BCUT2D eigenvalue weighted by molar-refractivity contribution is 14.0. The molecule has 26 heavy (non-hydrogen) atoms. The van der Waals surface area contributed by atoms with Crippen LogP contribution in [-0.4, -0.2) is 62.7 Å². The molecule has 0 aliphatic carbocycles. The first-order valence-corrected chi connectivity index (χ1v) is 9.31. The number of aliphatic imine (C=N–C) groups is 1.